The van der Waals surface area contributed by atoms with Crippen molar-refractivity contribution >= 4 is 5.97 Å². The van der Waals surface area contributed by atoms with Crippen LogP contribution < -0.4 is 5.32 Å². The van der Waals surface area contributed by atoms with Crippen molar-refractivity contribution < 1.29 is 14.6 Å². The number of aliphatic carboxylic acids is 1. The largest absolute Gasteiger partial charge is 0.480 e. The lowest BCUT2D eigenvalue weighted by Gasteiger charge is -2.30. The van der Waals surface area contributed by atoms with E-state index >= 15 is 0 Å². The molecule has 0 aromatic carbocycles. The maximum absolute atomic E-state index is 10.7. The van der Waals surface area contributed by atoms with Gasteiger partial charge in [-0.3, -0.25) is 4.79 Å². The summed E-state index contributed by atoms with van der Waals surface area (Å²) < 4.78 is 5.34. The average molecular weight is 199 g/mol. The van der Waals surface area contributed by atoms with Crippen LogP contribution in [0.5, 0.6) is 0 Å². The van der Waals surface area contributed by atoms with Gasteiger partial charge in [-0.15, -0.1) is 0 Å². The van der Waals surface area contributed by atoms with Gasteiger partial charge in [-0.2, -0.15) is 0 Å². The number of carbonyl (C=O) groups is 1. The number of carboxylic acids is 1. The summed E-state index contributed by atoms with van der Waals surface area (Å²) in [4.78, 5) is 10.7. The fourth-order valence-corrected chi connectivity index (χ4v) is 2.42. The van der Waals surface area contributed by atoms with E-state index in [1.165, 1.54) is 0 Å². The minimum Gasteiger partial charge on any atom is -0.480 e. The van der Waals surface area contributed by atoms with Gasteiger partial charge >= 0.3 is 5.97 Å². The van der Waals surface area contributed by atoms with E-state index < -0.39 is 5.97 Å². The van der Waals surface area contributed by atoms with Crippen molar-refractivity contribution in [2.45, 2.75) is 25.3 Å². The van der Waals surface area contributed by atoms with Crippen molar-refractivity contribution in [3.05, 3.63) is 0 Å². The molecule has 2 saturated heterocycles. The Kier molecular flexibility index (Phi) is 3.03. The molecule has 2 aliphatic rings. The van der Waals surface area contributed by atoms with Gasteiger partial charge in [0.25, 0.3) is 0 Å². The van der Waals surface area contributed by atoms with E-state index in [4.69, 9.17) is 9.84 Å². The van der Waals surface area contributed by atoms with Crippen LogP contribution in [0.2, 0.25) is 0 Å². The highest BCUT2D eigenvalue weighted by Crippen LogP contribution is 2.28. The molecule has 0 spiro atoms. The number of ether oxygens (including phenoxy) is 1. The summed E-state index contributed by atoms with van der Waals surface area (Å²) in [5.74, 6) is 0.552. The molecule has 4 nitrogen and oxygen atoms in total. The molecule has 2 rings (SSSR count). The monoisotopic (exact) mass is 199 g/mol. The third-order valence-electron chi connectivity index (χ3n) is 3.38. The van der Waals surface area contributed by atoms with E-state index in [1.807, 2.05) is 0 Å². The quantitative estimate of drug-likeness (QED) is 0.679. The first-order chi connectivity index (χ1) is 6.77. The molecule has 0 aliphatic carbocycles. The first kappa shape index (κ1) is 9.93. The van der Waals surface area contributed by atoms with E-state index in [1.54, 1.807) is 0 Å². The van der Waals surface area contributed by atoms with Gasteiger partial charge in [0, 0.05) is 13.2 Å². The summed E-state index contributed by atoms with van der Waals surface area (Å²) >= 11 is 0. The van der Waals surface area contributed by atoms with Gasteiger partial charge in [0.05, 0.1) is 0 Å². The highest BCUT2D eigenvalue weighted by molar-refractivity contribution is 5.73. The summed E-state index contributed by atoms with van der Waals surface area (Å²) in [6.07, 6.45) is 2.93. The van der Waals surface area contributed by atoms with Crippen molar-refractivity contribution in [2.75, 3.05) is 19.8 Å². The Morgan fingerprint density at radius 2 is 2.14 bits per heavy atom. The average Bonchev–Trinajstić information content (AvgIpc) is 2.71. The first-order valence-electron chi connectivity index (χ1n) is 5.31. The van der Waals surface area contributed by atoms with Crippen LogP contribution in [0.1, 0.15) is 19.3 Å². The highest BCUT2D eigenvalue weighted by Gasteiger charge is 2.31. The Morgan fingerprint density at radius 1 is 1.29 bits per heavy atom. The zero-order valence-corrected chi connectivity index (χ0v) is 8.24. The number of carboxylic acid groups (broad SMARTS) is 1. The maximum Gasteiger partial charge on any atom is 0.320 e. The lowest BCUT2D eigenvalue weighted by atomic mass is 9.84. The fourth-order valence-electron chi connectivity index (χ4n) is 2.42. The number of nitrogens with one attached hydrogen (secondary N) is 1. The molecule has 14 heavy (non-hydrogen) atoms. The van der Waals surface area contributed by atoms with Gasteiger partial charge in [-0.05, 0) is 37.6 Å². The molecule has 3 unspecified atom stereocenters. The van der Waals surface area contributed by atoms with Crippen LogP contribution in [0.3, 0.4) is 0 Å². The molecule has 2 fully saturated rings. The number of rotatable bonds is 2. The van der Waals surface area contributed by atoms with Gasteiger partial charge in [-0.1, -0.05) is 0 Å². The van der Waals surface area contributed by atoms with Crippen molar-refractivity contribution in [3.8, 4) is 0 Å². The van der Waals surface area contributed by atoms with E-state index in [9.17, 15) is 4.79 Å². The van der Waals surface area contributed by atoms with E-state index in [0.717, 1.165) is 39.0 Å². The maximum atomic E-state index is 10.7. The predicted octanol–water partition coefficient (Wildman–Crippen LogP) is 0.476. The van der Waals surface area contributed by atoms with Crippen LogP contribution in [-0.4, -0.2) is 36.9 Å². The highest BCUT2D eigenvalue weighted by atomic mass is 16.5. The minimum atomic E-state index is -0.717. The summed E-state index contributed by atoms with van der Waals surface area (Å²) in [6.45, 7) is 2.58. The van der Waals surface area contributed by atoms with Crippen LogP contribution >= 0.6 is 0 Å². The van der Waals surface area contributed by atoms with Crippen LogP contribution in [-0.2, 0) is 9.53 Å². The Hall–Kier alpha value is -0.610. The van der Waals surface area contributed by atoms with E-state index in [2.05, 4.69) is 5.32 Å². The molecule has 2 N–H and O–H groups in total. The number of piperidine rings is 1. The molecule has 0 bridgehead atoms. The normalized spacial score (nSPS) is 38.4. The summed E-state index contributed by atoms with van der Waals surface area (Å²) in [5.41, 5.74) is 0. The van der Waals surface area contributed by atoms with Gasteiger partial charge in [0.2, 0.25) is 0 Å². The Balaban J connectivity index is 1.80. The summed E-state index contributed by atoms with van der Waals surface area (Å²) in [5, 5.41) is 11.9. The second-order valence-corrected chi connectivity index (χ2v) is 4.26. The Labute approximate surface area is 83.6 Å². The predicted molar refractivity (Wildman–Crippen MR) is 51.1 cm³/mol. The molecule has 80 valence electrons. The molecule has 3 atom stereocenters. The Morgan fingerprint density at radius 3 is 2.64 bits per heavy atom. The van der Waals surface area contributed by atoms with Crippen LogP contribution in [0.4, 0.5) is 0 Å². The van der Waals surface area contributed by atoms with E-state index in [-0.39, 0.29) is 6.04 Å². The van der Waals surface area contributed by atoms with Crippen molar-refractivity contribution in [1.29, 1.82) is 0 Å². The van der Waals surface area contributed by atoms with Crippen LogP contribution in [0.25, 0.3) is 0 Å². The molecular weight excluding hydrogens is 182 g/mol. The van der Waals surface area contributed by atoms with Gasteiger partial charge in [0.15, 0.2) is 0 Å². The van der Waals surface area contributed by atoms with Crippen LogP contribution in [0.15, 0.2) is 0 Å². The Bertz CT molecular complexity index is 205. The smallest absolute Gasteiger partial charge is 0.320 e. The second kappa shape index (κ2) is 4.28. The molecule has 0 radical (unpaired) electrons. The molecule has 0 amide bonds. The zero-order chi connectivity index (χ0) is 9.97. The third-order valence-corrected chi connectivity index (χ3v) is 3.38. The zero-order valence-electron chi connectivity index (χ0n) is 8.24. The molecule has 0 aromatic heterocycles. The first-order valence-corrected chi connectivity index (χ1v) is 5.31. The summed E-state index contributed by atoms with van der Waals surface area (Å²) in [6, 6.07) is -0.325. The van der Waals surface area contributed by atoms with Crippen molar-refractivity contribution in [2.24, 2.45) is 11.8 Å². The van der Waals surface area contributed by atoms with Gasteiger partial charge < -0.3 is 15.2 Å². The SMILES string of the molecule is O=C(O)C1CCC(C2CCOC2)CN1. The fraction of sp³-hybridized carbons (Fsp3) is 0.900. The topological polar surface area (TPSA) is 58.6 Å². The molecular formula is C10H17NO3. The molecule has 2 aliphatic heterocycles. The lowest BCUT2D eigenvalue weighted by molar-refractivity contribution is -0.140. The molecule has 4 heteroatoms. The van der Waals surface area contributed by atoms with Gasteiger partial charge in [-0.25, -0.2) is 0 Å². The second-order valence-electron chi connectivity index (χ2n) is 4.26. The number of hydrogen-bond donors (Lipinski definition) is 2. The lowest BCUT2D eigenvalue weighted by Crippen LogP contribution is -2.45. The minimum absolute atomic E-state index is 0.325. The summed E-state index contributed by atoms with van der Waals surface area (Å²) in [7, 11) is 0. The third kappa shape index (κ3) is 2.07. The molecule has 2 heterocycles. The standard InChI is InChI=1S/C10H17NO3/c12-10(13)9-2-1-7(5-11-9)8-3-4-14-6-8/h7-9,11H,1-6H2,(H,12,13). The van der Waals surface area contributed by atoms with Crippen LogP contribution in [0, 0.1) is 11.8 Å². The number of hydrogen-bond acceptors (Lipinski definition) is 3. The molecule has 0 saturated carbocycles. The van der Waals surface area contributed by atoms with Crippen molar-refractivity contribution in [1.82, 2.24) is 5.32 Å². The molecule has 0 aromatic rings. The van der Waals surface area contributed by atoms with Crippen molar-refractivity contribution in [3.63, 3.8) is 0 Å². The van der Waals surface area contributed by atoms with E-state index in [0.29, 0.717) is 11.8 Å². The van der Waals surface area contributed by atoms with Gasteiger partial charge in [0.1, 0.15) is 6.04 Å².